The fourth-order valence-corrected chi connectivity index (χ4v) is 4.57. The summed E-state index contributed by atoms with van der Waals surface area (Å²) in [6.45, 7) is 0.726. The fourth-order valence-electron chi connectivity index (χ4n) is 3.06. The highest BCUT2D eigenvalue weighted by atomic mass is 79.9. The van der Waals surface area contributed by atoms with E-state index in [2.05, 4.69) is 57.5 Å². The van der Waals surface area contributed by atoms with Gasteiger partial charge in [0.05, 0.1) is 11.2 Å². The van der Waals surface area contributed by atoms with Gasteiger partial charge in [-0.15, -0.1) is 11.8 Å². The van der Waals surface area contributed by atoms with E-state index in [-0.39, 0.29) is 0 Å². The number of aromatic nitrogens is 1. The third-order valence-corrected chi connectivity index (χ3v) is 5.83. The minimum absolute atomic E-state index is 0.726. The first kappa shape index (κ1) is 17.9. The van der Waals surface area contributed by atoms with Crippen molar-refractivity contribution in [3.63, 3.8) is 0 Å². The lowest BCUT2D eigenvalue weighted by atomic mass is 10.0. The van der Waals surface area contributed by atoms with Crippen molar-refractivity contribution in [1.29, 1.82) is 0 Å². The van der Waals surface area contributed by atoms with Gasteiger partial charge in [-0.05, 0) is 71.8 Å². The molecule has 3 aromatic rings. The third kappa shape index (κ3) is 3.52. The molecule has 126 valence electrons. The Balaban J connectivity index is 2.22. The lowest BCUT2D eigenvalue weighted by Crippen LogP contribution is -1.99. The Hall–Kier alpha value is -0.940. The molecule has 0 spiro atoms. The van der Waals surface area contributed by atoms with Crippen molar-refractivity contribution in [3.8, 4) is 11.3 Å². The molecule has 24 heavy (non-hydrogen) atoms. The minimum Gasteiger partial charge on any atom is -0.353 e. The van der Waals surface area contributed by atoms with Crippen molar-refractivity contribution < 1.29 is 0 Å². The average molecular weight is 424 g/mol. The molecule has 2 nitrogen and oxygen atoms in total. The Labute approximate surface area is 160 Å². The Morgan fingerprint density at radius 3 is 2.75 bits per heavy atom. The van der Waals surface area contributed by atoms with Crippen LogP contribution in [0.5, 0.6) is 0 Å². The standard InChI is InChI=1S/C19H20BrClN2S/c1-24-17-8-3-2-7-14(17)18-13(6-4-5-9-22)15-10-12(21)11-16(20)19(15)23-18/h2-3,7-8,10-11,23H,4-6,9,22H2,1H3. The molecular weight excluding hydrogens is 404 g/mol. The van der Waals surface area contributed by atoms with Gasteiger partial charge < -0.3 is 10.7 Å². The zero-order chi connectivity index (χ0) is 17.1. The minimum atomic E-state index is 0.726. The lowest BCUT2D eigenvalue weighted by molar-refractivity contribution is 0.748. The summed E-state index contributed by atoms with van der Waals surface area (Å²) in [5, 5.41) is 1.94. The van der Waals surface area contributed by atoms with Crippen LogP contribution in [-0.4, -0.2) is 17.8 Å². The predicted molar refractivity (Wildman–Crippen MR) is 110 cm³/mol. The molecular formula is C19H20BrClN2S. The number of hydrogen-bond donors (Lipinski definition) is 2. The van der Waals surface area contributed by atoms with Gasteiger partial charge in [0.15, 0.2) is 0 Å². The van der Waals surface area contributed by atoms with Gasteiger partial charge in [-0.3, -0.25) is 0 Å². The highest BCUT2D eigenvalue weighted by Gasteiger charge is 2.17. The van der Waals surface area contributed by atoms with E-state index in [1.807, 2.05) is 6.07 Å². The quantitative estimate of drug-likeness (QED) is 0.363. The molecule has 0 bridgehead atoms. The van der Waals surface area contributed by atoms with Crippen LogP contribution in [0.4, 0.5) is 0 Å². The number of thioether (sulfide) groups is 1. The van der Waals surface area contributed by atoms with Crippen LogP contribution in [0.25, 0.3) is 22.2 Å². The summed E-state index contributed by atoms with van der Waals surface area (Å²) in [6, 6.07) is 12.5. The molecule has 0 atom stereocenters. The molecule has 0 amide bonds. The van der Waals surface area contributed by atoms with Crippen LogP contribution in [-0.2, 0) is 6.42 Å². The molecule has 0 aliphatic heterocycles. The van der Waals surface area contributed by atoms with E-state index in [1.54, 1.807) is 11.8 Å². The molecule has 0 aliphatic rings. The van der Waals surface area contributed by atoms with E-state index in [1.165, 1.54) is 27.1 Å². The first-order valence-electron chi connectivity index (χ1n) is 7.98. The first-order valence-corrected chi connectivity index (χ1v) is 10.4. The summed E-state index contributed by atoms with van der Waals surface area (Å²) in [4.78, 5) is 4.90. The maximum Gasteiger partial charge on any atom is 0.0607 e. The maximum absolute atomic E-state index is 6.30. The smallest absolute Gasteiger partial charge is 0.0607 e. The molecule has 3 rings (SSSR count). The van der Waals surface area contributed by atoms with Gasteiger partial charge in [0.2, 0.25) is 0 Å². The first-order chi connectivity index (χ1) is 11.7. The molecule has 0 saturated heterocycles. The summed E-state index contributed by atoms with van der Waals surface area (Å²) in [7, 11) is 0. The van der Waals surface area contributed by atoms with E-state index in [9.17, 15) is 0 Å². The van der Waals surface area contributed by atoms with E-state index < -0.39 is 0 Å². The van der Waals surface area contributed by atoms with Crippen molar-refractivity contribution in [2.24, 2.45) is 5.73 Å². The van der Waals surface area contributed by atoms with Gasteiger partial charge in [0.1, 0.15) is 0 Å². The second kappa shape index (κ2) is 7.96. The lowest BCUT2D eigenvalue weighted by Gasteiger charge is -2.09. The highest BCUT2D eigenvalue weighted by Crippen LogP contribution is 2.39. The molecule has 1 aromatic heterocycles. The molecule has 0 unspecified atom stereocenters. The van der Waals surface area contributed by atoms with Crippen molar-refractivity contribution in [2.75, 3.05) is 12.8 Å². The SMILES string of the molecule is CSc1ccccc1-c1[nH]c2c(Br)cc(Cl)cc2c1CCCCN. The Kier molecular flexibility index (Phi) is 5.93. The number of hydrogen-bond acceptors (Lipinski definition) is 2. The van der Waals surface area contributed by atoms with Crippen LogP contribution < -0.4 is 5.73 Å². The molecule has 0 radical (unpaired) electrons. The number of nitrogens with two attached hydrogens (primary N) is 1. The zero-order valence-electron chi connectivity index (χ0n) is 13.5. The van der Waals surface area contributed by atoms with Crippen LogP contribution >= 0.6 is 39.3 Å². The van der Waals surface area contributed by atoms with Crippen molar-refractivity contribution in [2.45, 2.75) is 24.2 Å². The molecule has 0 fully saturated rings. The Bertz CT molecular complexity index is 860. The van der Waals surface area contributed by atoms with E-state index in [0.29, 0.717) is 0 Å². The number of aromatic amines is 1. The largest absolute Gasteiger partial charge is 0.353 e. The summed E-state index contributed by atoms with van der Waals surface area (Å²) < 4.78 is 0.998. The molecule has 0 aliphatic carbocycles. The molecule has 1 heterocycles. The third-order valence-electron chi connectivity index (χ3n) is 4.19. The fraction of sp³-hybridized carbons (Fsp3) is 0.263. The van der Waals surface area contributed by atoms with Gasteiger partial charge in [-0.1, -0.05) is 29.8 Å². The van der Waals surface area contributed by atoms with Crippen LogP contribution in [0, 0.1) is 0 Å². The summed E-state index contributed by atoms with van der Waals surface area (Å²) in [5.41, 5.74) is 10.5. The van der Waals surface area contributed by atoms with E-state index >= 15 is 0 Å². The highest BCUT2D eigenvalue weighted by molar-refractivity contribution is 9.10. The summed E-state index contributed by atoms with van der Waals surface area (Å²) in [6.07, 6.45) is 5.20. The predicted octanol–water partition coefficient (Wildman–Crippen LogP) is 6.25. The van der Waals surface area contributed by atoms with Crippen molar-refractivity contribution in [3.05, 3.63) is 51.5 Å². The topological polar surface area (TPSA) is 41.8 Å². The van der Waals surface area contributed by atoms with Crippen LogP contribution in [0.3, 0.4) is 0 Å². The second-order valence-corrected chi connectivity index (χ2v) is 7.87. The molecule has 5 heteroatoms. The number of rotatable bonds is 6. The number of halogens is 2. The van der Waals surface area contributed by atoms with Gasteiger partial charge in [-0.2, -0.15) is 0 Å². The number of unbranched alkanes of at least 4 members (excludes halogenated alkanes) is 1. The van der Waals surface area contributed by atoms with Crippen LogP contribution in [0.15, 0.2) is 45.8 Å². The molecule has 3 N–H and O–H groups in total. The van der Waals surface area contributed by atoms with Gasteiger partial charge >= 0.3 is 0 Å². The monoisotopic (exact) mass is 422 g/mol. The van der Waals surface area contributed by atoms with E-state index in [4.69, 9.17) is 17.3 Å². The normalized spacial score (nSPS) is 11.3. The summed E-state index contributed by atoms with van der Waals surface area (Å²) >= 11 is 11.7. The van der Waals surface area contributed by atoms with Crippen molar-refractivity contribution in [1.82, 2.24) is 4.98 Å². The molecule has 2 aromatic carbocycles. The Morgan fingerprint density at radius 2 is 2.00 bits per heavy atom. The zero-order valence-corrected chi connectivity index (χ0v) is 16.7. The average Bonchev–Trinajstić information content (AvgIpc) is 2.94. The van der Waals surface area contributed by atoms with Gasteiger partial charge in [0, 0.05) is 25.3 Å². The molecule has 0 saturated carbocycles. The van der Waals surface area contributed by atoms with Gasteiger partial charge in [-0.25, -0.2) is 0 Å². The Morgan fingerprint density at radius 1 is 1.21 bits per heavy atom. The second-order valence-electron chi connectivity index (χ2n) is 5.73. The van der Waals surface area contributed by atoms with Crippen molar-refractivity contribution >= 4 is 50.2 Å². The number of benzene rings is 2. The number of aryl methyl sites for hydroxylation is 1. The number of fused-ring (bicyclic) bond motifs is 1. The van der Waals surface area contributed by atoms with Gasteiger partial charge in [0.25, 0.3) is 0 Å². The number of H-pyrrole nitrogens is 1. The summed E-state index contributed by atoms with van der Waals surface area (Å²) in [5.74, 6) is 0. The number of nitrogens with one attached hydrogen (secondary N) is 1. The maximum atomic E-state index is 6.30. The van der Waals surface area contributed by atoms with Crippen LogP contribution in [0.2, 0.25) is 5.02 Å². The van der Waals surface area contributed by atoms with E-state index in [0.717, 1.165) is 40.8 Å². The van der Waals surface area contributed by atoms with Crippen LogP contribution in [0.1, 0.15) is 18.4 Å².